The summed E-state index contributed by atoms with van der Waals surface area (Å²) in [6.45, 7) is 0.640. The lowest BCUT2D eigenvalue weighted by Crippen LogP contribution is -2.41. The van der Waals surface area contributed by atoms with Crippen LogP contribution in [0.25, 0.3) is 0 Å². The number of benzene rings is 1. The van der Waals surface area contributed by atoms with E-state index in [1.807, 2.05) is 0 Å². The van der Waals surface area contributed by atoms with Crippen LogP contribution in [0, 0.1) is 17.6 Å². The highest BCUT2D eigenvalue weighted by Crippen LogP contribution is 2.43. The minimum absolute atomic E-state index is 0.00281. The van der Waals surface area contributed by atoms with Crippen LogP contribution < -0.4 is 0 Å². The molecule has 3 rings (SSSR count). The number of aliphatic hydroxyl groups is 1. The second-order valence-corrected chi connectivity index (χ2v) is 6.46. The third-order valence-electron chi connectivity index (χ3n) is 5.06. The Kier molecular flexibility index (Phi) is 4.27. The maximum absolute atomic E-state index is 13.7. The Bertz CT molecular complexity index is 477. The lowest BCUT2D eigenvalue weighted by molar-refractivity contribution is -0.112. The molecular formula is C17H22F2O2. The molecule has 0 amide bonds. The van der Waals surface area contributed by atoms with E-state index in [1.165, 1.54) is 31.0 Å². The highest BCUT2D eigenvalue weighted by molar-refractivity contribution is 5.20. The Balaban J connectivity index is 1.69. The first-order valence-corrected chi connectivity index (χ1v) is 7.85. The van der Waals surface area contributed by atoms with Crippen LogP contribution in [0.15, 0.2) is 18.2 Å². The Labute approximate surface area is 124 Å². The molecule has 1 heterocycles. The van der Waals surface area contributed by atoms with Gasteiger partial charge >= 0.3 is 0 Å². The van der Waals surface area contributed by atoms with Gasteiger partial charge in [-0.1, -0.05) is 18.9 Å². The molecule has 0 radical (unpaired) electrons. The van der Waals surface area contributed by atoms with Gasteiger partial charge in [0, 0.05) is 18.6 Å². The van der Waals surface area contributed by atoms with E-state index in [-0.39, 0.29) is 23.5 Å². The Morgan fingerprint density at radius 2 is 1.90 bits per heavy atom. The zero-order valence-electron chi connectivity index (χ0n) is 12.2. The fourth-order valence-electron chi connectivity index (χ4n) is 3.86. The average Bonchev–Trinajstić information content (AvgIpc) is 2.91. The number of ether oxygens (including phenoxy) is 1. The van der Waals surface area contributed by atoms with E-state index in [4.69, 9.17) is 4.74 Å². The summed E-state index contributed by atoms with van der Waals surface area (Å²) < 4.78 is 33.3. The summed E-state index contributed by atoms with van der Waals surface area (Å²) in [7, 11) is 0. The Morgan fingerprint density at radius 1 is 1.24 bits per heavy atom. The topological polar surface area (TPSA) is 29.5 Å². The molecule has 4 heteroatoms. The van der Waals surface area contributed by atoms with E-state index in [9.17, 15) is 13.9 Å². The molecular weight excluding hydrogens is 274 g/mol. The van der Waals surface area contributed by atoms with Gasteiger partial charge in [0.15, 0.2) is 0 Å². The molecule has 1 aliphatic heterocycles. The summed E-state index contributed by atoms with van der Waals surface area (Å²) in [6.07, 6.45) is 5.34. The predicted molar refractivity (Wildman–Crippen MR) is 75.9 cm³/mol. The molecule has 2 aliphatic rings. The van der Waals surface area contributed by atoms with Crippen molar-refractivity contribution in [2.75, 3.05) is 6.61 Å². The van der Waals surface area contributed by atoms with Crippen LogP contribution >= 0.6 is 0 Å². The van der Waals surface area contributed by atoms with E-state index in [0.717, 1.165) is 25.7 Å². The summed E-state index contributed by atoms with van der Waals surface area (Å²) in [5.74, 6) is -1.08. The van der Waals surface area contributed by atoms with Crippen molar-refractivity contribution in [1.82, 2.24) is 0 Å². The van der Waals surface area contributed by atoms with Gasteiger partial charge in [0.25, 0.3) is 0 Å². The minimum atomic E-state index is -0.710. The van der Waals surface area contributed by atoms with E-state index in [2.05, 4.69) is 0 Å². The van der Waals surface area contributed by atoms with Crippen LogP contribution in [0.5, 0.6) is 0 Å². The van der Waals surface area contributed by atoms with Crippen molar-refractivity contribution in [2.45, 2.75) is 56.7 Å². The van der Waals surface area contributed by atoms with Crippen molar-refractivity contribution < 1.29 is 18.6 Å². The second kappa shape index (κ2) is 6.01. The normalized spacial score (nSPS) is 26.1. The van der Waals surface area contributed by atoms with Gasteiger partial charge in [-0.05, 0) is 43.7 Å². The van der Waals surface area contributed by atoms with Crippen LogP contribution in [-0.2, 0) is 11.2 Å². The molecule has 2 nitrogen and oxygen atoms in total. The van der Waals surface area contributed by atoms with Crippen molar-refractivity contribution in [3.05, 3.63) is 35.4 Å². The monoisotopic (exact) mass is 296 g/mol. The standard InChI is InChI=1S/C17H22F2O2/c18-14-4-3-5-15(19)13(14)10-16(20)12-6-9-21-17(11-12)7-1-2-8-17/h3-5,12,16,20H,1-2,6-11H2. The van der Waals surface area contributed by atoms with Gasteiger partial charge in [0.05, 0.1) is 11.7 Å². The van der Waals surface area contributed by atoms with Crippen molar-refractivity contribution in [1.29, 1.82) is 0 Å². The van der Waals surface area contributed by atoms with Crippen LogP contribution in [-0.4, -0.2) is 23.4 Å². The maximum Gasteiger partial charge on any atom is 0.129 e. The van der Waals surface area contributed by atoms with Gasteiger partial charge in [0.1, 0.15) is 11.6 Å². The molecule has 1 saturated carbocycles. The Morgan fingerprint density at radius 3 is 2.57 bits per heavy atom. The maximum atomic E-state index is 13.7. The lowest BCUT2D eigenvalue weighted by Gasteiger charge is -2.40. The largest absolute Gasteiger partial charge is 0.392 e. The molecule has 2 unspecified atom stereocenters. The van der Waals surface area contributed by atoms with E-state index in [0.29, 0.717) is 6.61 Å². The molecule has 1 aromatic rings. The first kappa shape index (κ1) is 14.9. The first-order chi connectivity index (χ1) is 10.1. The molecule has 21 heavy (non-hydrogen) atoms. The lowest BCUT2D eigenvalue weighted by atomic mass is 9.80. The fraction of sp³-hybridized carbons (Fsp3) is 0.647. The van der Waals surface area contributed by atoms with Gasteiger partial charge in [0.2, 0.25) is 0 Å². The fourth-order valence-corrected chi connectivity index (χ4v) is 3.86. The highest BCUT2D eigenvalue weighted by atomic mass is 19.1. The van der Waals surface area contributed by atoms with Gasteiger partial charge < -0.3 is 9.84 Å². The molecule has 1 spiro atoms. The quantitative estimate of drug-likeness (QED) is 0.923. The molecule has 1 N–H and O–H groups in total. The third-order valence-corrected chi connectivity index (χ3v) is 5.06. The minimum Gasteiger partial charge on any atom is -0.392 e. The van der Waals surface area contributed by atoms with Crippen molar-refractivity contribution >= 4 is 0 Å². The van der Waals surface area contributed by atoms with Crippen LogP contribution in [0.1, 0.15) is 44.1 Å². The summed E-state index contributed by atoms with van der Waals surface area (Å²) in [5, 5.41) is 10.4. The van der Waals surface area contributed by atoms with Gasteiger partial charge in [-0.15, -0.1) is 0 Å². The Hall–Kier alpha value is -1.00. The van der Waals surface area contributed by atoms with Crippen LogP contribution in [0.2, 0.25) is 0 Å². The molecule has 0 bridgehead atoms. The highest BCUT2D eigenvalue weighted by Gasteiger charge is 2.41. The number of hydrogen-bond donors (Lipinski definition) is 1. The molecule has 2 atom stereocenters. The molecule has 1 aromatic carbocycles. The van der Waals surface area contributed by atoms with Crippen molar-refractivity contribution in [3.8, 4) is 0 Å². The van der Waals surface area contributed by atoms with E-state index < -0.39 is 17.7 Å². The summed E-state index contributed by atoms with van der Waals surface area (Å²) in [5.41, 5.74) is -0.0885. The van der Waals surface area contributed by atoms with Crippen molar-refractivity contribution in [2.24, 2.45) is 5.92 Å². The summed E-state index contributed by atoms with van der Waals surface area (Å²) in [6, 6.07) is 3.84. The number of rotatable bonds is 3. The molecule has 0 aromatic heterocycles. The summed E-state index contributed by atoms with van der Waals surface area (Å²) >= 11 is 0. The number of hydrogen-bond acceptors (Lipinski definition) is 2. The summed E-state index contributed by atoms with van der Waals surface area (Å²) in [4.78, 5) is 0. The van der Waals surface area contributed by atoms with Gasteiger partial charge in [-0.25, -0.2) is 8.78 Å². The predicted octanol–water partition coefficient (Wildman–Crippen LogP) is 3.61. The SMILES string of the molecule is OC(Cc1c(F)cccc1F)C1CCOC2(CCCC2)C1. The smallest absolute Gasteiger partial charge is 0.129 e. The van der Waals surface area contributed by atoms with Crippen LogP contribution in [0.4, 0.5) is 8.78 Å². The molecule has 1 aliphatic carbocycles. The zero-order valence-corrected chi connectivity index (χ0v) is 12.2. The second-order valence-electron chi connectivity index (χ2n) is 6.46. The zero-order chi connectivity index (χ0) is 14.9. The van der Waals surface area contributed by atoms with Crippen LogP contribution in [0.3, 0.4) is 0 Å². The molecule has 116 valence electrons. The van der Waals surface area contributed by atoms with Gasteiger partial charge in [-0.2, -0.15) is 0 Å². The number of aliphatic hydroxyl groups excluding tert-OH is 1. The third kappa shape index (κ3) is 3.11. The van der Waals surface area contributed by atoms with Crippen molar-refractivity contribution in [3.63, 3.8) is 0 Å². The van der Waals surface area contributed by atoms with E-state index in [1.54, 1.807) is 0 Å². The average molecular weight is 296 g/mol. The molecule has 1 saturated heterocycles. The molecule has 2 fully saturated rings. The van der Waals surface area contributed by atoms with E-state index >= 15 is 0 Å². The first-order valence-electron chi connectivity index (χ1n) is 7.85. The number of halogens is 2. The van der Waals surface area contributed by atoms with Gasteiger partial charge in [-0.3, -0.25) is 0 Å².